The Morgan fingerprint density at radius 2 is 1.55 bits per heavy atom. The number of anilines is 1. The van der Waals surface area contributed by atoms with E-state index in [4.69, 9.17) is 5.73 Å². The van der Waals surface area contributed by atoms with E-state index in [9.17, 15) is 14.4 Å². The van der Waals surface area contributed by atoms with Gasteiger partial charge < -0.3 is 11.1 Å². The minimum atomic E-state index is -0.612. The van der Waals surface area contributed by atoms with Crippen molar-refractivity contribution in [1.82, 2.24) is 0 Å². The van der Waals surface area contributed by atoms with E-state index in [-0.39, 0.29) is 22.8 Å². The zero-order valence-corrected chi connectivity index (χ0v) is 11.5. The smallest absolute Gasteiger partial charge is 0.250 e. The van der Waals surface area contributed by atoms with Crippen molar-refractivity contribution in [1.29, 1.82) is 0 Å². The van der Waals surface area contributed by atoms with E-state index in [1.165, 1.54) is 6.08 Å². The third-order valence-corrected chi connectivity index (χ3v) is 3.42. The maximum absolute atomic E-state index is 12.4. The summed E-state index contributed by atoms with van der Waals surface area (Å²) in [6.45, 7) is 0. The maximum atomic E-state index is 12.4. The fraction of sp³-hybridized carbons (Fsp3) is 0. The first kappa shape index (κ1) is 13.8. The van der Waals surface area contributed by atoms with Crippen molar-refractivity contribution in [3.05, 3.63) is 77.0 Å². The van der Waals surface area contributed by atoms with E-state index < -0.39 is 5.91 Å². The summed E-state index contributed by atoms with van der Waals surface area (Å²) in [5.41, 5.74) is 6.79. The van der Waals surface area contributed by atoms with E-state index >= 15 is 0 Å². The van der Waals surface area contributed by atoms with Gasteiger partial charge in [-0.15, -0.1) is 0 Å². The molecule has 0 saturated heterocycles. The van der Waals surface area contributed by atoms with E-state index in [1.54, 1.807) is 48.5 Å². The average Bonchev–Trinajstić information content (AvgIpc) is 2.53. The number of para-hydroxylation sites is 1. The van der Waals surface area contributed by atoms with E-state index in [0.717, 1.165) is 0 Å². The van der Waals surface area contributed by atoms with Gasteiger partial charge in [0.25, 0.3) is 5.91 Å². The molecule has 108 valence electrons. The summed E-state index contributed by atoms with van der Waals surface area (Å²) >= 11 is 0. The van der Waals surface area contributed by atoms with Gasteiger partial charge in [-0.3, -0.25) is 14.4 Å². The summed E-state index contributed by atoms with van der Waals surface area (Å²) in [6.07, 6.45) is 1.24. The molecule has 1 aliphatic carbocycles. The molecule has 5 heteroatoms. The highest BCUT2D eigenvalue weighted by atomic mass is 16.1. The molecule has 2 aromatic rings. The number of rotatable bonds is 3. The lowest BCUT2D eigenvalue weighted by Crippen LogP contribution is -2.22. The van der Waals surface area contributed by atoms with Crippen LogP contribution in [0.1, 0.15) is 31.1 Å². The Morgan fingerprint density at radius 3 is 2.27 bits per heavy atom. The van der Waals surface area contributed by atoms with Crippen LogP contribution in [0.2, 0.25) is 0 Å². The van der Waals surface area contributed by atoms with Crippen LogP contribution in [0, 0.1) is 0 Å². The molecule has 5 nitrogen and oxygen atoms in total. The van der Waals surface area contributed by atoms with Crippen LogP contribution < -0.4 is 11.1 Å². The number of nitrogens with two attached hydrogens (primary N) is 1. The minimum absolute atomic E-state index is 0.123. The van der Waals surface area contributed by atoms with Crippen LogP contribution in [-0.4, -0.2) is 17.5 Å². The van der Waals surface area contributed by atoms with E-state index in [2.05, 4.69) is 5.32 Å². The number of ketones is 2. The predicted octanol–water partition coefficient (Wildman–Crippen LogP) is 2.16. The molecule has 0 bridgehead atoms. The first-order valence-corrected chi connectivity index (χ1v) is 6.63. The molecule has 3 N–H and O–H groups in total. The van der Waals surface area contributed by atoms with Crippen molar-refractivity contribution in [2.75, 3.05) is 5.32 Å². The molecule has 2 aromatic carbocycles. The van der Waals surface area contributed by atoms with Crippen LogP contribution in [0.5, 0.6) is 0 Å². The van der Waals surface area contributed by atoms with Crippen molar-refractivity contribution in [3.63, 3.8) is 0 Å². The van der Waals surface area contributed by atoms with E-state index in [0.29, 0.717) is 16.8 Å². The third kappa shape index (κ3) is 2.29. The van der Waals surface area contributed by atoms with Gasteiger partial charge in [-0.1, -0.05) is 36.4 Å². The van der Waals surface area contributed by atoms with Crippen LogP contribution in [0.25, 0.3) is 0 Å². The highest BCUT2D eigenvalue weighted by molar-refractivity contribution is 6.25. The fourth-order valence-corrected chi connectivity index (χ4v) is 2.36. The van der Waals surface area contributed by atoms with Crippen molar-refractivity contribution < 1.29 is 14.4 Å². The van der Waals surface area contributed by atoms with Crippen LogP contribution in [0.15, 0.2) is 60.3 Å². The second-order valence-corrected chi connectivity index (χ2v) is 4.83. The number of nitrogens with one attached hydrogen (secondary N) is 1. The van der Waals surface area contributed by atoms with Crippen LogP contribution in [0.4, 0.5) is 5.69 Å². The molecule has 1 aliphatic rings. The summed E-state index contributed by atoms with van der Waals surface area (Å²) in [6, 6.07) is 13.2. The quantitative estimate of drug-likeness (QED) is 0.907. The Balaban J connectivity index is 2.00. The molecule has 0 saturated carbocycles. The third-order valence-electron chi connectivity index (χ3n) is 3.42. The van der Waals surface area contributed by atoms with Gasteiger partial charge in [0.15, 0.2) is 5.78 Å². The highest BCUT2D eigenvalue weighted by Crippen LogP contribution is 2.24. The Kier molecular flexibility index (Phi) is 3.31. The molecule has 0 aromatic heterocycles. The van der Waals surface area contributed by atoms with Gasteiger partial charge in [0.05, 0.1) is 16.9 Å². The number of benzene rings is 2. The zero-order valence-electron chi connectivity index (χ0n) is 11.5. The number of hydrogen-bond acceptors (Lipinski definition) is 4. The van der Waals surface area contributed by atoms with Crippen molar-refractivity contribution >= 4 is 23.2 Å². The SMILES string of the molecule is NC(=O)c1ccccc1NC1=CC(=O)c2ccccc2C1=O. The lowest BCUT2D eigenvalue weighted by atomic mass is 9.92. The predicted molar refractivity (Wildman–Crippen MR) is 81.8 cm³/mol. The molecular weight excluding hydrogens is 280 g/mol. The molecule has 0 spiro atoms. The van der Waals surface area contributed by atoms with Crippen molar-refractivity contribution in [2.24, 2.45) is 5.73 Å². The molecule has 3 rings (SSSR count). The Hall–Kier alpha value is -3.21. The molecule has 22 heavy (non-hydrogen) atoms. The number of primary amides is 1. The second kappa shape index (κ2) is 5.29. The summed E-state index contributed by atoms with van der Waals surface area (Å²) in [7, 11) is 0. The summed E-state index contributed by atoms with van der Waals surface area (Å²) in [4.78, 5) is 36.0. The standard InChI is InChI=1S/C17H12N2O3/c18-17(22)12-7-3-4-8-13(12)19-14-9-15(20)10-5-1-2-6-11(10)16(14)21/h1-9,19H,(H2,18,22). The number of fused-ring (bicyclic) bond motifs is 1. The van der Waals surface area contributed by atoms with Gasteiger partial charge in [-0.05, 0) is 12.1 Å². The maximum Gasteiger partial charge on any atom is 0.250 e. The second-order valence-electron chi connectivity index (χ2n) is 4.83. The Labute approximate surface area is 126 Å². The van der Waals surface area contributed by atoms with E-state index in [1.807, 2.05) is 0 Å². The van der Waals surface area contributed by atoms with Gasteiger partial charge in [0.2, 0.25) is 5.78 Å². The Bertz CT molecular complexity index is 837. The lowest BCUT2D eigenvalue weighted by molar-refractivity contribution is 0.0985. The van der Waals surface area contributed by atoms with Crippen LogP contribution in [0.3, 0.4) is 0 Å². The molecule has 0 atom stereocenters. The normalized spacial score (nSPS) is 13.4. The van der Waals surface area contributed by atoms with Crippen LogP contribution in [-0.2, 0) is 0 Å². The minimum Gasteiger partial charge on any atom is -0.366 e. The summed E-state index contributed by atoms with van der Waals surface area (Å²) in [5, 5.41) is 2.84. The lowest BCUT2D eigenvalue weighted by Gasteiger charge is -2.17. The number of hydrogen-bond donors (Lipinski definition) is 2. The highest BCUT2D eigenvalue weighted by Gasteiger charge is 2.25. The molecular formula is C17H12N2O3. The molecule has 1 amide bonds. The van der Waals surface area contributed by atoms with Gasteiger partial charge >= 0.3 is 0 Å². The molecule has 0 heterocycles. The fourth-order valence-electron chi connectivity index (χ4n) is 2.36. The molecule has 0 aliphatic heterocycles. The zero-order chi connectivity index (χ0) is 15.7. The average molecular weight is 292 g/mol. The monoisotopic (exact) mass is 292 g/mol. The first-order chi connectivity index (χ1) is 10.6. The van der Waals surface area contributed by atoms with Gasteiger partial charge in [0, 0.05) is 17.2 Å². The number of carbonyl (C=O) groups is 3. The summed E-state index contributed by atoms with van der Waals surface area (Å²) in [5.74, 6) is -1.16. The number of Topliss-reactive ketones (excluding diaryl/α,β-unsaturated/α-hetero) is 1. The number of carbonyl (C=O) groups excluding carboxylic acids is 3. The van der Waals surface area contributed by atoms with Crippen molar-refractivity contribution in [3.8, 4) is 0 Å². The topological polar surface area (TPSA) is 89.3 Å². The number of amides is 1. The molecule has 0 fully saturated rings. The molecule has 0 unspecified atom stereocenters. The van der Waals surface area contributed by atoms with Gasteiger partial charge in [-0.2, -0.15) is 0 Å². The van der Waals surface area contributed by atoms with Gasteiger partial charge in [0.1, 0.15) is 0 Å². The van der Waals surface area contributed by atoms with Crippen LogP contribution >= 0.6 is 0 Å². The Morgan fingerprint density at radius 1 is 0.909 bits per heavy atom. The largest absolute Gasteiger partial charge is 0.366 e. The molecule has 0 radical (unpaired) electrons. The number of allylic oxidation sites excluding steroid dienone is 2. The summed E-state index contributed by atoms with van der Waals surface area (Å²) < 4.78 is 0. The van der Waals surface area contributed by atoms with Gasteiger partial charge in [-0.25, -0.2) is 0 Å². The van der Waals surface area contributed by atoms with Crippen molar-refractivity contribution in [2.45, 2.75) is 0 Å². The first-order valence-electron chi connectivity index (χ1n) is 6.63.